The Kier molecular flexibility index (Phi) is 4.85. The molecule has 4 rings (SSSR count). The van der Waals surface area contributed by atoms with Gasteiger partial charge in [0.15, 0.2) is 17.3 Å². The second-order valence-corrected chi connectivity index (χ2v) is 7.25. The summed E-state index contributed by atoms with van der Waals surface area (Å²) >= 11 is 0. The van der Waals surface area contributed by atoms with Crippen LogP contribution in [0.15, 0.2) is 42.5 Å². The predicted molar refractivity (Wildman–Crippen MR) is 96.9 cm³/mol. The van der Waals surface area contributed by atoms with Gasteiger partial charge in [0.05, 0.1) is 19.5 Å². The minimum Gasteiger partial charge on any atom is -0.486 e. The maximum Gasteiger partial charge on any atom is 0.168 e. The van der Waals surface area contributed by atoms with Gasteiger partial charge in [-0.15, -0.1) is 0 Å². The van der Waals surface area contributed by atoms with Crippen molar-refractivity contribution in [3.05, 3.63) is 59.4 Å². The smallest absolute Gasteiger partial charge is 0.168 e. The Bertz CT molecular complexity index is 839. The Morgan fingerprint density at radius 1 is 1.11 bits per heavy atom. The van der Waals surface area contributed by atoms with Crippen molar-refractivity contribution >= 4 is 5.78 Å². The van der Waals surface area contributed by atoms with Gasteiger partial charge in [0.2, 0.25) is 0 Å². The lowest BCUT2D eigenvalue weighted by Gasteiger charge is -2.21. The fourth-order valence-electron chi connectivity index (χ4n) is 3.85. The van der Waals surface area contributed by atoms with Crippen molar-refractivity contribution < 1.29 is 28.7 Å². The van der Waals surface area contributed by atoms with Gasteiger partial charge in [-0.2, -0.15) is 0 Å². The van der Waals surface area contributed by atoms with Crippen LogP contribution in [0, 0.1) is 5.82 Å². The predicted octanol–water partition coefficient (Wildman–Crippen LogP) is 1.35. The Hall–Kier alpha value is -2.44. The van der Waals surface area contributed by atoms with E-state index in [1.807, 2.05) is 0 Å². The van der Waals surface area contributed by atoms with E-state index in [0.717, 1.165) is 12.1 Å². The molecule has 2 heterocycles. The SMILES string of the molecule is O=C(CC[NH+]1CCC(O)(c2ccc(F)cc2)C1)c1ccc2c(c1)OCCO2. The molecule has 1 saturated heterocycles. The number of halogens is 1. The molecule has 0 amide bonds. The Morgan fingerprint density at radius 2 is 1.85 bits per heavy atom. The number of hydrogen-bond donors (Lipinski definition) is 2. The number of Topliss-reactive ketones (excluding diaryl/α,β-unsaturated/α-hetero) is 1. The van der Waals surface area contributed by atoms with Gasteiger partial charge in [-0.05, 0) is 35.9 Å². The summed E-state index contributed by atoms with van der Waals surface area (Å²) in [6.07, 6.45) is 1.00. The van der Waals surface area contributed by atoms with Crippen molar-refractivity contribution in [1.29, 1.82) is 0 Å². The normalized spacial score (nSPS) is 24.0. The van der Waals surface area contributed by atoms with Crippen LogP contribution in [0.5, 0.6) is 11.5 Å². The molecular weight excluding hydrogens is 349 g/mol. The highest BCUT2D eigenvalue weighted by Crippen LogP contribution is 2.31. The molecule has 2 aliphatic rings. The summed E-state index contributed by atoms with van der Waals surface area (Å²) in [4.78, 5) is 13.7. The molecule has 1 fully saturated rings. The molecule has 0 spiro atoms. The van der Waals surface area contributed by atoms with Crippen LogP contribution in [0.1, 0.15) is 28.8 Å². The molecule has 0 bridgehead atoms. The summed E-state index contributed by atoms with van der Waals surface area (Å²) in [5.41, 5.74) is 0.395. The first-order chi connectivity index (χ1) is 13.0. The van der Waals surface area contributed by atoms with Crippen LogP contribution in [0.4, 0.5) is 4.39 Å². The van der Waals surface area contributed by atoms with Crippen LogP contribution < -0.4 is 14.4 Å². The minimum atomic E-state index is -0.955. The van der Waals surface area contributed by atoms with Gasteiger partial charge in [0.25, 0.3) is 0 Å². The van der Waals surface area contributed by atoms with Crippen LogP contribution >= 0.6 is 0 Å². The molecule has 2 aromatic rings. The van der Waals surface area contributed by atoms with Crippen LogP contribution in [-0.2, 0) is 5.60 Å². The summed E-state index contributed by atoms with van der Waals surface area (Å²) in [5.74, 6) is 1.03. The van der Waals surface area contributed by atoms with Crippen LogP contribution in [0.25, 0.3) is 0 Å². The summed E-state index contributed by atoms with van der Waals surface area (Å²) in [7, 11) is 0. The van der Waals surface area contributed by atoms with Gasteiger partial charge >= 0.3 is 0 Å². The van der Waals surface area contributed by atoms with E-state index in [1.165, 1.54) is 17.0 Å². The number of fused-ring (bicyclic) bond motifs is 1. The number of carbonyl (C=O) groups excluding carboxylic acids is 1. The molecular formula is C21H23FNO4+. The van der Waals surface area contributed by atoms with Gasteiger partial charge in [-0.3, -0.25) is 4.79 Å². The number of ketones is 1. The molecule has 6 heteroatoms. The van der Waals surface area contributed by atoms with E-state index in [4.69, 9.17) is 9.47 Å². The minimum absolute atomic E-state index is 0.0525. The zero-order valence-corrected chi connectivity index (χ0v) is 15.0. The van der Waals surface area contributed by atoms with Crippen LogP contribution in [0.2, 0.25) is 0 Å². The molecule has 0 aromatic heterocycles. The van der Waals surface area contributed by atoms with E-state index in [-0.39, 0.29) is 11.6 Å². The highest BCUT2D eigenvalue weighted by Gasteiger charge is 2.41. The third kappa shape index (κ3) is 3.82. The van der Waals surface area contributed by atoms with Crippen LogP contribution in [-0.4, -0.2) is 43.7 Å². The highest BCUT2D eigenvalue weighted by atomic mass is 19.1. The standard InChI is InChI=1S/C21H22FNO4/c22-17-4-2-16(3-5-17)21(25)8-10-23(14-21)9-7-18(24)15-1-6-19-20(13-15)27-12-11-26-19/h1-6,13,25H,7-12,14H2/p+1. The van der Waals surface area contributed by atoms with Crippen molar-refractivity contribution in [2.75, 3.05) is 32.8 Å². The van der Waals surface area contributed by atoms with Gasteiger partial charge in [-0.25, -0.2) is 4.39 Å². The molecule has 0 radical (unpaired) electrons. The first-order valence-electron chi connectivity index (χ1n) is 9.28. The van der Waals surface area contributed by atoms with Crippen molar-refractivity contribution in [3.8, 4) is 11.5 Å². The lowest BCUT2D eigenvalue weighted by molar-refractivity contribution is -0.890. The Labute approximate surface area is 157 Å². The summed E-state index contributed by atoms with van der Waals surface area (Å²) in [5, 5.41) is 10.9. The van der Waals surface area contributed by atoms with Crippen LogP contribution in [0.3, 0.4) is 0 Å². The summed E-state index contributed by atoms with van der Waals surface area (Å²) in [6, 6.07) is 11.3. The summed E-state index contributed by atoms with van der Waals surface area (Å²) in [6.45, 7) is 2.96. The third-order valence-electron chi connectivity index (χ3n) is 5.39. The highest BCUT2D eigenvalue weighted by molar-refractivity contribution is 5.96. The van der Waals surface area contributed by atoms with E-state index in [0.29, 0.717) is 56.2 Å². The maximum atomic E-state index is 13.1. The number of benzene rings is 2. The van der Waals surface area contributed by atoms with E-state index < -0.39 is 5.60 Å². The first-order valence-corrected chi connectivity index (χ1v) is 9.28. The molecule has 0 aliphatic carbocycles. The Balaban J connectivity index is 1.35. The topological polar surface area (TPSA) is 60.2 Å². The fraction of sp³-hybridized carbons (Fsp3) is 0.381. The molecule has 2 N–H and O–H groups in total. The third-order valence-corrected chi connectivity index (χ3v) is 5.39. The van der Waals surface area contributed by atoms with Crippen molar-refractivity contribution in [3.63, 3.8) is 0 Å². The lowest BCUT2D eigenvalue weighted by atomic mass is 9.93. The first kappa shape index (κ1) is 17.9. The average molecular weight is 372 g/mol. The zero-order chi connectivity index (χ0) is 18.9. The zero-order valence-electron chi connectivity index (χ0n) is 15.0. The molecule has 2 atom stereocenters. The average Bonchev–Trinajstić information content (AvgIpc) is 3.08. The number of nitrogens with one attached hydrogen (secondary N) is 1. The van der Waals surface area contributed by atoms with Gasteiger partial charge in [0, 0.05) is 12.0 Å². The summed E-state index contributed by atoms with van der Waals surface area (Å²) < 4.78 is 24.1. The van der Waals surface area contributed by atoms with Crippen molar-refractivity contribution in [2.24, 2.45) is 0 Å². The second kappa shape index (κ2) is 7.29. The van der Waals surface area contributed by atoms with Gasteiger partial charge in [0.1, 0.15) is 31.2 Å². The van der Waals surface area contributed by atoms with E-state index in [1.54, 1.807) is 30.3 Å². The van der Waals surface area contributed by atoms with Gasteiger partial charge in [-0.1, -0.05) is 12.1 Å². The van der Waals surface area contributed by atoms with Gasteiger partial charge < -0.3 is 19.5 Å². The number of hydrogen-bond acceptors (Lipinski definition) is 4. The van der Waals surface area contributed by atoms with E-state index >= 15 is 0 Å². The molecule has 2 unspecified atom stereocenters. The largest absolute Gasteiger partial charge is 0.486 e. The van der Waals surface area contributed by atoms with E-state index in [2.05, 4.69) is 0 Å². The number of carbonyl (C=O) groups is 1. The van der Waals surface area contributed by atoms with Crippen molar-refractivity contribution in [2.45, 2.75) is 18.4 Å². The molecule has 0 saturated carbocycles. The maximum absolute atomic E-state index is 13.1. The lowest BCUT2D eigenvalue weighted by Crippen LogP contribution is -3.10. The molecule has 5 nitrogen and oxygen atoms in total. The number of likely N-dealkylation sites (tertiary alicyclic amines) is 1. The number of quaternary nitrogens is 1. The quantitative estimate of drug-likeness (QED) is 0.778. The molecule has 2 aliphatic heterocycles. The number of ether oxygens (including phenoxy) is 2. The second-order valence-electron chi connectivity index (χ2n) is 7.25. The number of rotatable bonds is 5. The van der Waals surface area contributed by atoms with E-state index in [9.17, 15) is 14.3 Å². The Morgan fingerprint density at radius 3 is 2.63 bits per heavy atom. The van der Waals surface area contributed by atoms with Crippen molar-refractivity contribution in [1.82, 2.24) is 0 Å². The number of aliphatic hydroxyl groups is 1. The monoisotopic (exact) mass is 372 g/mol. The fourth-order valence-corrected chi connectivity index (χ4v) is 3.85. The molecule has 27 heavy (non-hydrogen) atoms. The molecule has 2 aromatic carbocycles. The molecule has 142 valence electrons.